The molecule has 3 aromatic rings. The first kappa shape index (κ1) is 23.2. The molecule has 0 spiro atoms. The van der Waals surface area contributed by atoms with E-state index in [-0.39, 0.29) is 6.61 Å². The van der Waals surface area contributed by atoms with Crippen LogP contribution in [0, 0.1) is 0 Å². The summed E-state index contributed by atoms with van der Waals surface area (Å²) in [6, 6.07) is 17.5. The Balaban J connectivity index is 1.78. The van der Waals surface area contributed by atoms with Gasteiger partial charge in [-0.2, -0.15) is 0 Å². The van der Waals surface area contributed by atoms with Gasteiger partial charge >= 0.3 is 5.97 Å². The molecule has 0 radical (unpaired) electrons. The molecule has 2 heterocycles. The maximum Gasteiger partial charge on any atom is 0.341 e. The largest absolute Gasteiger partial charge is 0.462 e. The van der Waals surface area contributed by atoms with Gasteiger partial charge in [0.25, 0.3) is 5.91 Å². The summed E-state index contributed by atoms with van der Waals surface area (Å²) >= 11 is 1.28. The molecule has 33 heavy (non-hydrogen) atoms. The van der Waals surface area contributed by atoms with Gasteiger partial charge in [0.05, 0.1) is 24.4 Å². The van der Waals surface area contributed by atoms with Crippen LogP contribution >= 0.6 is 11.3 Å². The van der Waals surface area contributed by atoms with Crippen LogP contribution in [0.1, 0.15) is 52.7 Å². The van der Waals surface area contributed by atoms with Gasteiger partial charge < -0.3 is 19.9 Å². The molecule has 0 fully saturated rings. The number of ether oxygens (including phenoxy) is 2. The number of nitrogens with one attached hydrogen (secondary N) is 1. The molecule has 0 bridgehead atoms. The normalized spacial score (nSPS) is 14.9. The first-order valence-electron chi connectivity index (χ1n) is 10.9. The molecule has 7 heteroatoms. The lowest BCUT2D eigenvalue weighted by Crippen LogP contribution is -2.41. The number of esters is 1. The smallest absolute Gasteiger partial charge is 0.341 e. The van der Waals surface area contributed by atoms with Gasteiger partial charge in [0.2, 0.25) is 0 Å². The second kappa shape index (κ2) is 9.09. The molecule has 1 amide bonds. The Morgan fingerprint density at radius 1 is 1.09 bits per heavy atom. The Hall–Kier alpha value is -3.00. The fourth-order valence-corrected chi connectivity index (χ4v) is 5.16. The summed E-state index contributed by atoms with van der Waals surface area (Å²) in [4.78, 5) is 27.5. The zero-order chi connectivity index (χ0) is 23.6. The molecule has 1 aliphatic heterocycles. The minimum atomic E-state index is -1.95. The molecule has 2 aromatic carbocycles. The molecule has 0 aliphatic carbocycles. The highest BCUT2D eigenvalue weighted by Gasteiger charge is 2.42. The quantitative estimate of drug-likeness (QED) is 0.518. The fraction of sp³-hybridized carbons (Fsp3) is 0.308. The van der Waals surface area contributed by atoms with Crippen molar-refractivity contribution in [3.8, 4) is 0 Å². The van der Waals surface area contributed by atoms with Crippen LogP contribution in [0.25, 0.3) is 0 Å². The SMILES string of the molecule is CCOC(=O)c1c(NC(=O)C(O)(c2ccccc2)c2ccccc2)sc2c1CC(C)(C)OC2. The van der Waals surface area contributed by atoms with Gasteiger partial charge in [-0.1, -0.05) is 60.7 Å². The summed E-state index contributed by atoms with van der Waals surface area (Å²) in [5.74, 6) is -1.14. The van der Waals surface area contributed by atoms with E-state index in [0.717, 1.165) is 10.4 Å². The maximum absolute atomic E-state index is 13.7. The van der Waals surface area contributed by atoms with E-state index in [4.69, 9.17) is 9.47 Å². The van der Waals surface area contributed by atoms with Crippen LogP contribution in [0.5, 0.6) is 0 Å². The summed E-state index contributed by atoms with van der Waals surface area (Å²) in [6.45, 7) is 6.23. The van der Waals surface area contributed by atoms with Crippen molar-refractivity contribution >= 4 is 28.2 Å². The molecule has 0 atom stereocenters. The summed E-state index contributed by atoms with van der Waals surface area (Å²) in [5, 5.41) is 15.0. The van der Waals surface area contributed by atoms with E-state index in [2.05, 4.69) is 5.32 Å². The van der Waals surface area contributed by atoms with Gasteiger partial charge in [0.1, 0.15) is 5.00 Å². The summed E-state index contributed by atoms with van der Waals surface area (Å²) in [6.07, 6.45) is 0.518. The Kier molecular flexibility index (Phi) is 6.38. The molecule has 1 aliphatic rings. The third kappa shape index (κ3) is 4.44. The molecule has 1 aromatic heterocycles. The third-order valence-corrected chi connectivity index (χ3v) is 6.83. The number of aliphatic hydroxyl groups is 1. The lowest BCUT2D eigenvalue weighted by molar-refractivity contribution is -0.131. The monoisotopic (exact) mass is 465 g/mol. The highest BCUT2D eigenvalue weighted by Crippen LogP contribution is 2.42. The van der Waals surface area contributed by atoms with Gasteiger partial charge in [0, 0.05) is 11.3 Å². The Bertz CT molecular complexity index is 1110. The number of rotatable bonds is 6. The number of carbonyl (C=O) groups excluding carboxylic acids is 2. The minimum Gasteiger partial charge on any atom is -0.462 e. The molecule has 0 unspecified atom stereocenters. The zero-order valence-corrected chi connectivity index (χ0v) is 19.7. The first-order chi connectivity index (χ1) is 15.8. The summed E-state index contributed by atoms with van der Waals surface area (Å²) in [5.41, 5.74) is -0.368. The maximum atomic E-state index is 13.7. The Labute approximate surface area is 197 Å². The Morgan fingerprint density at radius 2 is 1.67 bits per heavy atom. The number of amides is 1. The molecular weight excluding hydrogens is 438 g/mol. The van der Waals surface area contributed by atoms with E-state index in [0.29, 0.717) is 34.7 Å². The number of anilines is 1. The van der Waals surface area contributed by atoms with Crippen molar-refractivity contribution in [3.05, 3.63) is 87.8 Å². The van der Waals surface area contributed by atoms with E-state index in [1.165, 1.54) is 11.3 Å². The van der Waals surface area contributed by atoms with E-state index < -0.39 is 23.1 Å². The van der Waals surface area contributed by atoms with Crippen LogP contribution in [0.4, 0.5) is 5.00 Å². The van der Waals surface area contributed by atoms with Crippen molar-refractivity contribution in [2.75, 3.05) is 11.9 Å². The Morgan fingerprint density at radius 3 is 2.21 bits per heavy atom. The average molecular weight is 466 g/mol. The number of carbonyl (C=O) groups is 2. The number of thiophene rings is 1. The van der Waals surface area contributed by atoms with Crippen molar-refractivity contribution in [1.82, 2.24) is 0 Å². The van der Waals surface area contributed by atoms with Gasteiger partial charge in [-0.3, -0.25) is 4.79 Å². The van der Waals surface area contributed by atoms with E-state index in [1.54, 1.807) is 55.5 Å². The molecular formula is C26H27NO5S. The van der Waals surface area contributed by atoms with Crippen LogP contribution in [0.2, 0.25) is 0 Å². The molecule has 172 valence electrons. The second-order valence-corrected chi connectivity index (χ2v) is 9.66. The number of hydrogen-bond donors (Lipinski definition) is 2. The summed E-state index contributed by atoms with van der Waals surface area (Å²) < 4.78 is 11.2. The van der Waals surface area contributed by atoms with E-state index in [9.17, 15) is 14.7 Å². The number of benzene rings is 2. The lowest BCUT2D eigenvalue weighted by atomic mass is 9.85. The van der Waals surface area contributed by atoms with Crippen molar-refractivity contribution < 1.29 is 24.2 Å². The van der Waals surface area contributed by atoms with Crippen LogP contribution in [-0.4, -0.2) is 29.2 Å². The predicted octanol–water partition coefficient (Wildman–Crippen LogP) is 4.65. The van der Waals surface area contributed by atoms with Crippen LogP contribution < -0.4 is 5.32 Å². The highest BCUT2D eigenvalue weighted by molar-refractivity contribution is 7.17. The van der Waals surface area contributed by atoms with Crippen molar-refractivity contribution in [2.24, 2.45) is 0 Å². The van der Waals surface area contributed by atoms with Crippen molar-refractivity contribution in [1.29, 1.82) is 0 Å². The highest BCUT2D eigenvalue weighted by atomic mass is 32.1. The van der Waals surface area contributed by atoms with Gasteiger partial charge in [-0.05, 0) is 37.5 Å². The average Bonchev–Trinajstić information content (AvgIpc) is 3.15. The van der Waals surface area contributed by atoms with E-state index >= 15 is 0 Å². The molecule has 2 N–H and O–H groups in total. The van der Waals surface area contributed by atoms with Gasteiger partial charge in [-0.15, -0.1) is 11.3 Å². The number of hydrogen-bond acceptors (Lipinski definition) is 6. The van der Waals surface area contributed by atoms with Crippen LogP contribution in [0.3, 0.4) is 0 Å². The summed E-state index contributed by atoms with van der Waals surface area (Å²) in [7, 11) is 0. The topological polar surface area (TPSA) is 84.9 Å². The van der Waals surface area contributed by atoms with Gasteiger partial charge in [0.15, 0.2) is 5.60 Å². The van der Waals surface area contributed by atoms with Crippen LogP contribution in [-0.2, 0) is 32.9 Å². The van der Waals surface area contributed by atoms with E-state index in [1.807, 2.05) is 26.0 Å². The predicted molar refractivity (Wildman–Crippen MR) is 127 cm³/mol. The van der Waals surface area contributed by atoms with Crippen molar-refractivity contribution in [2.45, 2.75) is 45.0 Å². The molecule has 4 rings (SSSR count). The lowest BCUT2D eigenvalue weighted by Gasteiger charge is -2.30. The van der Waals surface area contributed by atoms with Crippen molar-refractivity contribution in [3.63, 3.8) is 0 Å². The number of fused-ring (bicyclic) bond motifs is 1. The van der Waals surface area contributed by atoms with Gasteiger partial charge in [-0.25, -0.2) is 4.79 Å². The standard InChI is InChI=1S/C26H27NO5S/c1-4-31-23(28)21-19-15-25(2,3)32-16-20(19)33-22(21)27-24(29)26(30,17-11-7-5-8-12-17)18-13-9-6-10-14-18/h5-14,30H,4,15-16H2,1-3H3,(H,27,29). The molecule has 6 nitrogen and oxygen atoms in total. The second-order valence-electron chi connectivity index (χ2n) is 8.55. The third-order valence-electron chi connectivity index (χ3n) is 5.71. The zero-order valence-electron chi connectivity index (χ0n) is 18.9. The molecule has 0 saturated heterocycles. The fourth-order valence-electron chi connectivity index (χ4n) is 4.04. The molecule has 0 saturated carbocycles. The first-order valence-corrected chi connectivity index (χ1v) is 11.7. The van der Waals surface area contributed by atoms with Crippen LogP contribution in [0.15, 0.2) is 60.7 Å². The minimum absolute atomic E-state index is 0.217.